The molecule has 260 valence electrons. The highest BCUT2D eigenvalue weighted by atomic mass is 19.4. The van der Waals surface area contributed by atoms with Gasteiger partial charge >= 0.3 is 41.7 Å². The fourth-order valence-electron chi connectivity index (χ4n) is 4.75. The van der Waals surface area contributed by atoms with Crippen molar-refractivity contribution in [2.75, 3.05) is 0 Å². The minimum Gasteiger partial charge on any atom is -0.335 e. The highest BCUT2D eigenvalue weighted by Crippen LogP contribution is 2.62. The van der Waals surface area contributed by atoms with Crippen LogP contribution in [-0.2, 0) is 6.54 Å². The van der Waals surface area contributed by atoms with Gasteiger partial charge in [-0.2, -0.15) is 65.9 Å². The van der Waals surface area contributed by atoms with Crippen LogP contribution in [0.5, 0.6) is 0 Å². The standard InChI is InChI=1S/C30H17F16NO/c1-15-6-8-16(9-7-15)14-47-20-5-3-2-4-19(20)21(22(47)17-10-12-18(31)13-11-17)23(48)24(32,33)25(34,35)26(36,37)27(38,39)28(40,41)29(42,43)30(44,45)46/h2-13H,14H2,1H3. The summed E-state index contributed by atoms with van der Waals surface area (Å²) in [5, 5.41) is -0.728. The average Bonchev–Trinajstić information content (AvgIpc) is 3.30. The Morgan fingerprint density at radius 2 is 1.08 bits per heavy atom. The van der Waals surface area contributed by atoms with Gasteiger partial charge in [0.25, 0.3) is 0 Å². The minimum absolute atomic E-state index is 0.256. The molecular formula is C30H17F16NO. The predicted octanol–water partition coefficient (Wildman–Crippen LogP) is 10.4. The number of ketones is 1. The van der Waals surface area contributed by atoms with Gasteiger partial charge in [-0.1, -0.05) is 48.0 Å². The molecule has 0 fully saturated rings. The van der Waals surface area contributed by atoms with Crippen molar-refractivity contribution >= 4 is 16.7 Å². The van der Waals surface area contributed by atoms with Gasteiger partial charge in [-0.25, -0.2) is 4.39 Å². The SMILES string of the molecule is Cc1ccc(Cn2c(-c3ccc(F)cc3)c(C(=O)C(F)(F)C(F)(F)C(F)(F)C(F)(F)C(F)(F)C(F)(F)C(F)(F)F)c3ccccc32)cc1. The van der Waals surface area contributed by atoms with E-state index in [9.17, 15) is 66.3 Å². The van der Waals surface area contributed by atoms with E-state index in [1.54, 1.807) is 19.1 Å². The molecule has 48 heavy (non-hydrogen) atoms. The summed E-state index contributed by atoms with van der Waals surface area (Å²) in [6, 6.07) is 13.4. The van der Waals surface area contributed by atoms with E-state index in [0.29, 0.717) is 17.7 Å². The lowest BCUT2D eigenvalue weighted by atomic mass is 9.87. The summed E-state index contributed by atoms with van der Waals surface area (Å²) in [6.45, 7) is 1.28. The molecule has 0 spiro atoms. The summed E-state index contributed by atoms with van der Waals surface area (Å²) < 4.78 is 224. The van der Waals surface area contributed by atoms with Gasteiger partial charge in [0.05, 0.1) is 11.3 Å². The van der Waals surface area contributed by atoms with E-state index in [1.807, 2.05) is 0 Å². The molecule has 0 aliphatic rings. The highest BCUT2D eigenvalue weighted by Gasteiger charge is 2.94. The zero-order chi connectivity index (χ0) is 36.5. The number of carbonyl (C=O) groups excluding carboxylic acids is 1. The summed E-state index contributed by atoms with van der Waals surface area (Å²) in [5.74, 6) is -53.2. The summed E-state index contributed by atoms with van der Waals surface area (Å²) in [4.78, 5) is 13.3. The number of rotatable bonds is 10. The second kappa shape index (κ2) is 11.4. The molecule has 0 N–H and O–H groups in total. The van der Waals surface area contributed by atoms with Crippen LogP contribution in [0, 0.1) is 12.7 Å². The molecule has 3 aromatic carbocycles. The third kappa shape index (κ3) is 5.27. The first-order valence-electron chi connectivity index (χ1n) is 13.1. The second-order valence-corrected chi connectivity index (χ2v) is 10.6. The number of Topliss-reactive ketones (excluding diaryl/α,β-unsaturated/α-hetero) is 1. The van der Waals surface area contributed by atoms with Crippen LogP contribution >= 0.6 is 0 Å². The van der Waals surface area contributed by atoms with E-state index >= 15 is 8.78 Å². The number of hydrogen-bond acceptors (Lipinski definition) is 1. The Kier molecular flexibility index (Phi) is 8.71. The number of para-hydroxylation sites is 1. The number of nitrogens with zero attached hydrogens (tertiary/aromatic N) is 1. The van der Waals surface area contributed by atoms with Crippen LogP contribution in [-0.4, -0.2) is 52.1 Å². The summed E-state index contributed by atoms with van der Waals surface area (Å²) in [5.41, 5.74) is -2.03. The molecule has 0 saturated heterocycles. The molecule has 4 rings (SSSR count). The van der Waals surface area contributed by atoms with E-state index in [0.717, 1.165) is 40.5 Å². The molecule has 0 saturated carbocycles. The second-order valence-electron chi connectivity index (χ2n) is 10.6. The molecule has 0 unspecified atom stereocenters. The number of hydrogen-bond donors (Lipinski definition) is 0. The third-order valence-electron chi connectivity index (χ3n) is 7.39. The average molecular weight is 711 g/mol. The molecule has 18 heteroatoms. The third-order valence-corrected chi connectivity index (χ3v) is 7.39. The maximum atomic E-state index is 15.4. The molecule has 4 aromatic rings. The van der Waals surface area contributed by atoms with Gasteiger partial charge in [0.2, 0.25) is 5.78 Å². The van der Waals surface area contributed by atoms with Gasteiger partial charge in [0, 0.05) is 17.4 Å². The lowest BCUT2D eigenvalue weighted by molar-refractivity contribution is -0.449. The molecule has 0 radical (unpaired) electrons. The summed E-state index contributed by atoms with van der Waals surface area (Å²) >= 11 is 0. The zero-order valence-electron chi connectivity index (χ0n) is 23.5. The first-order valence-corrected chi connectivity index (χ1v) is 13.1. The highest BCUT2D eigenvalue weighted by molar-refractivity contribution is 6.16. The smallest absolute Gasteiger partial charge is 0.335 e. The van der Waals surface area contributed by atoms with Gasteiger partial charge in [0.1, 0.15) is 5.82 Å². The Morgan fingerprint density at radius 1 is 0.604 bits per heavy atom. The molecule has 1 aromatic heterocycles. The van der Waals surface area contributed by atoms with E-state index < -0.39 is 82.1 Å². The van der Waals surface area contributed by atoms with Crippen molar-refractivity contribution in [3.05, 3.63) is 95.3 Å². The summed E-state index contributed by atoms with van der Waals surface area (Å²) in [6.07, 6.45) is -7.76. The fraction of sp³-hybridized carbons (Fsp3) is 0.300. The molecule has 1 heterocycles. The minimum atomic E-state index is -8.55. The Bertz CT molecular complexity index is 1820. The van der Waals surface area contributed by atoms with E-state index in [2.05, 4.69) is 0 Å². The number of halogens is 16. The van der Waals surface area contributed by atoms with Crippen molar-refractivity contribution in [2.24, 2.45) is 0 Å². The maximum absolute atomic E-state index is 15.4. The van der Waals surface area contributed by atoms with Crippen molar-refractivity contribution in [2.45, 2.75) is 55.2 Å². The quantitative estimate of drug-likeness (QED) is 0.119. The number of aryl methyl sites for hydroxylation is 1. The lowest BCUT2D eigenvalue weighted by Crippen LogP contribution is -2.73. The van der Waals surface area contributed by atoms with Crippen LogP contribution in [0.2, 0.25) is 0 Å². The van der Waals surface area contributed by atoms with Crippen molar-refractivity contribution in [3.63, 3.8) is 0 Å². The zero-order valence-corrected chi connectivity index (χ0v) is 23.5. The van der Waals surface area contributed by atoms with Gasteiger partial charge in [-0.3, -0.25) is 4.79 Å². The number of benzene rings is 3. The topological polar surface area (TPSA) is 22.0 Å². The molecule has 0 atom stereocenters. The van der Waals surface area contributed by atoms with Crippen LogP contribution in [0.1, 0.15) is 21.5 Å². The molecule has 0 aliphatic heterocycles. The Labute approximate surface area is 258 Å². The summed E-state index contributed by atoms with van der Waals surface area (Å²) in [7, 11) is 0. The van der Waals surface area contributed by atoms with Gasteiger partial charge in [0.15, 0.2) is 0 Å². The number of aromatic nitrogens is 1. The monoisotopic (exact) mass is 711 g/mol. The van der Waals surface area contributed by atoms with Gasteiger partial charge in [-0.05, 0) is 48.4 Å². The lowest BCUT2D eigenvalue weighted by Gasteiger charge is -2.41. The van der Waals surface area contributed by atoms with Crippen molar-refractivity contribution in [3.8, 4) is 11.3 Å². The molecule has 0 aliphatic carbocycles. The van der Waals surface area contributed by atoms with E-state index in [4.69, 9.17) is 0 Å². The van der Waals surface area contributed by atoms with Crippen molar-refractivity contribution < 1.29 is 75.0 Å². The molecule has 0 bridgehead atoms. The predicted molar refractivity (Wildman–Crippen MR) is 138 cm³/mol. The largest absolute Gasteiger partial charge is 0.460 e. The van der Waals surface area contributed by atoms with Crippen LogP contribution < -0.4 is 0 Å². The first kappa shape index (κ1) is 36.6. The fourth-order valence-corrected chi connectivity index (χ4v) is 4.75. The number of carbonyl (C=O) groups is 1. The van der Waals surface area contributed by atoms with E-state index in [-0.39, 0.29) is 5.52 Å². The van der Waals surface area contributed by atoms with Crippen molar-refractivity contribution in [1.29, 1.82) is 0 Å². The van der Waals surface area contributed by atoms with Crippen molar-refractivity contribution in [1.82, 2.24) is 4.57 Å². The number of fused-ring (bicyclic) bond motifs is 1. The first-order chi connectivity index (χ1) is 21.8. The van der Waals surface area contributed by atoms with Gasteiger partial charge in [-0.15, -0.1) is 0 Å². The van der Waals surface area contributed by atoms with Gasteiger partial charge < -0.3 is 4.57 Å². The van der Waals surface area contributed by atoms with Crippen LogP contribution in [0.25, 0.3) is 22.2 Å². The van der Waals surface area contributed by atoms with Crippen LogP contribution in [0.3, 0.4) is 0 Å². The van der Waals surface area contributed by atoms with E-state index in [1.165, 1.54) is 18.2 Å². The Morgan fingerprint density at radius 3 is 1.60 bits per heavy atom. The maximum Gasteiger partial charge on any atom is 0.460 e. The van der Waals surface area contributed by atoms with Crippen LogP contribution in [0.15, 0.2) is 72.8 Å². The van der Waals surface area contributed by atoms with Crippen LogP contribution in [0.4, 0.5) is 70.2 Å². The molecule has 0 amide bonds. The Hall–Kier alpha value is -4.25. The molecule has 2 nitrogen and oxygen atoms in total. The number of alkyl halides is 15. The normalized spacial score (nSPS) is 14.1. The Balaban J connectivity index is 1.98. The molecular weight excluding hydrogens is 694 g/mol.